The average Bonchev–Trinajstić information content (AvgIpc) is 2.34. The molecule has 17 heavy (non-hydrogen) atoms. The van der Waals surface area contributed by atoms with Crippen LogP contribution in [0.1, 0.15) is 11.4 Å². The van der Waals surface area contributed by atoms with Crippen molar-refractivity contribution in [2.45, 2.75) is 0 Å². The van der Waals surface area contributed by atoms with Gasteiger partial charge < -0.3 is 11.5 Å². The lowest BCUT2D eigenvalue weighted by molar-refractivity contribution is 1.15. The number of anilines is 2. The van der Waals surface area contributed by atoms with Crippen molar-refractivity contribution in [3.63, 3.8) is 0 Å². The number of hydrogen-bond acceptors (Lipinski definition) is 4. The van der Waals surface area contributed by atoms with Gasteiger partial charge in [-0.3, -0.25) is 0 Å². The first-order chi connectivity index (χ1) is 8.16. The summed E-state index contributed by atoms with van der Waals surface area (Å²) >= 11 is 5.81. The predicted molar refractivity (Wildman–Crippen MR) is 71.2 cm³/mol. The summed E-state index contributed by atoms with van der Waals surface area (Å²) in [5.74, 6) is 0.628. The van der Waals surface area contributed by atoms with Gasteiger partial charge >= 0.3 is 0 Å². The highest BCUT2D eigenvalue weighted by molar-refractivity contribution is 6.32. The van der Waals surface area contributed by atoms with Crippen LogP contribution < -0.4 is 11.5 Å². The van der Waals surface area contributed by atoms with E-state index in [0.717, 1.165) is 5.56 Å². The summed E-state index contributed by atoms with van der Waals surface area (Å²) < 4.78 is 0. The number of nitrogens with zero attached hydrogens (tertiary/aromatic N) is 2. The van der Waals surface area contributed by atoms with E-state index in [1.165, 1.54) is 0 Å². The molecule has 5 heteroatoms. The summed E-state index contributed by atoms with van der Waals surface area (Å²) in [4.78, 5) is 8.03. The molecule has 0 unspecified atom stereocenters. The highest BCUT2D eigenvalue weighted by atomic mass is 35.5. The van der Waals surface area contributed by atoms with Crippen LogP contribution in [0, 0.1) is 0 Å². The first-order valence-electron chi connectivity index (χ1n) is 4.98. The molecule has 2 aromatic rings. The molecule has 0 atom stereocenters. The van der Waals surface area contributed by atoms with Gasteiger partial charge in [0, 0.05) is 0 Å². The van der Waals surface area contributed by atoms with E-state index in [0.29, 0.717) is 5.82 Å². The fraction of sp³-hybridized carbons (Fsp3) is 0. The smallest absolute Gasteiger partial charge is 0.158 e. The zero-order valence-corrected chi connectivity index (χ0v) is 9.72. The maximum Gasteiger partial charge on any atom is 0.158 e. The Morgan fingerprint density at radius 2 is 1.71 bits per heavy atom. The van der Waals surface area contributed by atoms with E-state index in [9.17, 15) is 0 Å². The molecule has 4 nitrogen and oxygen atoms in total. The predicted octanol–water partition coefficient (Wildman–Crippen LogP) is 2.46. The van der Waals surface area contributed by atoms with Crippen LogP contribution in [0.25, 0.3) is 12.2 Å². The molecule has 0 aliphatic heterocycles. The summed E-state index contributed by atoms with van der Waals surface area (Å²) in [5.41, 5.74) is 12.4. The van der Waals surface area contributed by atoms with E-state index in [4.69, 9.17) is 23.1 Å². The highest BCUT2D eigenvalue weighted by Gasteiger charge is 2.04. The van der Waals surface area contributed by atoms with Crippen LogP contribution in [0.5, 0.6) is 0 Å². The van der Waals surface area contributed by atoms with Crippen LogP contribution in [0.4, 0.5) is 11.5 Å². The second-order valence-electron chi connectivity index (χ2n) is 3.42. The number of nitrogen functional groups attached to an aromatic ring is 2. The number of rotatable bonds is 2. The Morgan fingerprint density at radius 1 is 1.00 bits per heavy atom. The molecular weight excluding hydrogens is 236 g/mol. The van der Waals surface area contributed by atoms with Crippen molar-refractivity contribution >= 4 is 35.3 Å². The van der Waals surface area contributed by atoms with Crippen molar-refractivity contribution in [3.8, 4) is 0 Å². The van der Waals surface area contributed by atoms with Crippen molar-refractivity contribution in [1.29, 1.82) is 0 Å². The van der Waals surface area contributed by atoms with Gasteiger partial charge in [0.05, 0.1) is 0 Å². The number of halogens is 1. The van der Waals surface area contributed by atoms with Gasteiger partial charge in [-0.2, -0.15) is 0 Å². The third-order valence-electron chi connectivity index (χ3n) is 2.17. The Morgan fingerprint density at radius 3 is 2.35 bits per heavy atom. The molecule has 0 amide bonds. The Balaban J connectivity index is 2.28. The van der Waals surface area contributed by atoms with Crippen LogP contribution in [-0.2, 0) is 0 Å². The summed E-state index contributed by atoms with van der Waals surface area (Å²) in [6.45, 7) is 0. The molecule has 1 heterocycles. The van der Waals surface area contributed by atoms with Gasteiger partial charge in [0.15, 0.2) is 16.8 Å². The molecule has 4 N–H and O–H groups in total. The number of nitrogens with two attached hydrogens (primary N) is 2. The number of aromatic nitrogens is 2. The van der Waals surface area contributed by atoms with Gasteiger partial charge in [0.1, 0.15) is 5.69 Å². The lowest BCUT2D eigenvalue weighted by Gasteiger charge is -2.01. The van der Waals surface area contributed by atoms with Gasteiger partial charge in [-0.15, -0.1) is 0 Å². The van der Waals surface area contributed by atoms with Gasteiger partial charge in [-0.05, 0) is 11.6 Å². The van der Waals surface area contributed by atoms with Crippen molar-refractivity contribution in [1.82, 2.24) is 9.97 Å². The minimum absolute atomic E-state index is 0.171. The minimum Gasteiger partial charge on any atom is -0.393 e. The van der Waals surface area contributed by atoms with Gasteiger partial charge in [-0.25, -0.2) is 9.97 Å². The second-order valence-corrected chi connectivity index (χ2v) is 3.77. The Bertz CT molecular complexity index is 529. The molecule has 1 aromatic carbocycles. The molecule has 0 aliphatic rings. The van der Waals surface area contributed by atoms with Crippen molar-refractivity contribution in [2.24, 2.45) is 0 Å². The molecule has 0 fully saturated rings. The van der Waals surface area contributed by atoms with Crippen molar-refractivity contribution < 1.29 is 0 Å². The van der Waals surface area contributed by atoms with E-state index in [2.05, 4.69) is 9.97 Å². The maximum absolute atomic E-state index is 5.81. The molecule has 0 bridgehead atoms. The molecule has 0 spiro atoms. The van der Waals surface area contributed by atoms with Gasteiger partial charge in [-0.1, -0.05) is 48.0 Å². The van der Waals surface area contributed by atoms with Gasteiger partial charge in [0.25, 0.3) is 0 Å². The standard InChI is InChI=1S/C12H11ClN4/c13-11-10(14)12(15)17-9(16-11)7-6-8-4-2-1-3-5-8/h1-7H,14H2,(H2,15,16,17)/b7-6+. The molecule has 2 rings (SSSR count). The lowest BCUT2D eigenvalue weighted by Crippen LogP contribution is -2.02. The third-order valence-corrected chi connectivity index (χ3v) is 2.46. The van der Waals surface area contributed by atoms with Crippen LogP contribution in [0.15, 0.2) is 30.3 Å². The summed E-state index contributed by atoms with van der Waals surface area (Å²) in [7, 11) is 0. The molecule has 0 saturated carbocycles. The van der Waals surface area contributed by atoms with E-state index >= 15 is 0 Å². The molecule has 0 saturated heterocycles. The zero-order valence-electron chi connectivity index (χ0n) is 8.97. The molecule has 0 radical (unpaired) electrons. The second kappa shape index (κ2) is 4.84. The molecular formula is C12H11ClN4. The van der Waals surface area contributed by atoms with Crippen LogP contribution in [0.3, 0.4) is 0 Å². The Kier molecular flexibility index (Phi) is 3.25. The number of benzene rings is 1. The SMILES string of the molecule is Nc1nc(/C=C/c2ccccc2)nc(Cl)c1N. The average molecular weight is 247 g/mol. The van der Waals surface area contributed by atoms with E-state index in [-0.39, 0.29) is 16.7 Å². The maximum atomic E-state index is 5.81. The summed E-state index contributed by atoms with van der Waals surface area (Å²) in [6.07, 6.45) is 3.61. The largest absolute Gasteiger partial charge is 0.393 e. The fourth-order valence-electron chi connectivity index (χ4n) is 1.28. The first kappa shape index (κ1) is 11.4. The number of hydrogen-bond donors (Lipinski definition) is 2. The van der Waals surface area contributed by atoms with Crippen LogP contribution in [-0.4, -0.2) is 9.97 Å². The Hall–Kier alpha value is -2.07. The highest BCUT2D eigenvalue weighted by Crippen LogP contribution is 2.21. The minimum atomic E-state index is 0.171. The topological polar surface area (TPSA) is 77.8 Å². The third kappa shape index (κ3) is 2.73. The van der Waals surface area contributed by atoms with Crippen LogP contribution >= 0.6 is 11.6 Å². The lowest BCUT2D eigenvalue weighted by atomic mass is 10.2. The molecule has 1 aromatic heterocycles. The summed E-state index contributed by atoms with van der Waals surface area (Å²) in [6, 6.07) is 9.79. The normalized spacial score (nSPS) is 10.9. The van der Waals surface area contributed by atoms with Gasteiger partial charge in [0.2, 0.25) is 0 Å². The molecule has 86 valence electrons. The van der Waals surface area contributed by atoms with E-state index < -0.39 is 0 Å². The van der Waals surface area contributed by atoms with Crippen LogP contribution in [0.2, 0.25) is 5.15 Å². The monoisotopic (exact) mass is 246 g/mol. The quantitative estimate of drug-likeness (QED) is 0.798. The van der Waals surface area contributed by atoms with E-state index in [1.54, 1.807) is 6.08 Å². The van der Waals surface area contributed by atoms with Crippen molar-refractivity contribution in [3.05, 3.63) is 46.9 Å². The Labute approximate surface area is 104 Å². The molecule has 0 aliphatic carbocycles. The first-order valence-corrected chi connectivity index (χ1v) is 5.36. The summed E-state index contributed by atoms with van der Waals surface area (Å²) in [5, 5.41) is 0.171. The fourth-order valence-corrected chi connectivity index (χ4v) is 1.47. The van der Waals surface area contributed by atoms with E-state index in [1.807, 2.05) is 36.4 Å². The van der Waals surface area contributed by atoms with Crippen molar-refractivity contribution in [2.75, 3.05) is 11.5 Å². The zero-order chi connectivity index (χ0) is 12.3.